The third-order valence-electron chi connectivity index (χ3n) is 1.27. The van der Waals surface area contributed by atoms with Crippen molar-refractivity contribution in [3.63, 3.8) is 0 Å². The van der Waals surface area contributed by atoms with Crippen molar-refractivity contribution < 1.29 is 9.47 Å². The fraction of sp³-hybridized carbons (Fsp3) is 0.600. The maximum Gasteiger partial charge on any atom is 0.0704 e. The van der Waals surface area contributed by atoms with E-state index in [1.54, 1.807) is 0 Å². The van der Waals surface area contributed by atoms with Crippen LogP contribution in [0.25, 0.3) is 0 Å². The molecule has 0 fully saturated rings. The minimum absolute atomic E-state index is 0.669. The quantitative estimate of drug-likeness (QED) is 0.430. The molecule has 0 rings (SSSR count). The van der Waals surface area contributed by atoms with E-state index in [-0.39, 0.29) is 0 Å². The molecule has 0 heterocycles. The number of allylic oxidation sites excluding steroid dienone is 2. The van der Waals surface area contributed by atoms with E-state index in [0.29, 0.717) is 26.4 Å². The van der Waals surface area contributed by atoms with Crippen molar-refractivity contribution in [1.29, 1.82) is 0 Å². The molecule has 0 aromatic heterocycles. The molecule has 2 heteroatoms. The van der Waals surface area contributed by atoms with Crippen molar-refractivity contribution in [2.45, 2.75) is 13.8 Å². The lowest BCUT2D eigenvalue weighted by atomic mass is 10.5. The summed E-state index contributed by atoms with van der Waals surface area (Å²) in [6.45, 7) is 6.66. The zero-order chi connectivity index (χ0) is 9.07. The third-order valence-corrected chi connectivity index (χ3v) is 1.27. The summed E-state index contributed by atoms with van der Waals surface area (Å²) in [5.41, 5.74) is 0. The van der Waals surface area contributed by atoms with Gasteiger partial charge in [-0.25, -0.2) is 0 Å². The van der Waals surface area contributed by atoms with Crippen LogP contribution < -0.4 is 0 Å². The molecule has 0 spiro atoms. The molecular formula is C10H18O2. The van der Waals surface area contributed by atoms with Crippen molar-refractivity contribution >= 4 is 0 Å². The Kier molecular flexibility index (Phi) is 9.88. The predicted octanol–water partition coefficient (Wildman–Crippen LogP) is 2.17. The van der Waals surface area contributed by atoms with E-state index in [1.807, 2.05) is 38.2 Å². The second kappa shape index (κ2) is 10.4. The number of ether oxygens (including phenoxy) is 2. The second-order valence-electron chi connectivity index (χ2n) is 2.29. The minimum Gasteiger partial charge on any atom is -0.375 e. The average Bonchev–Trinajstić information content (AvgIpc) is 2.10. The molecule has 0 N–H and O–H groups in total. The van der Waals surface area contributed by atoms with Gasteiger partial charge in [0.15, 0.2) is 0 Å². The van der Waals surface area contributed by atoms with Crippen LogP contribution in [0.15, 0.2) is 24.3 Å². The normalized spacial score (nSPS) is 11.8. The summed E-state index contributed by atoms with van der Waals surface area (Å²) in [4.78, 5) is 0. The molecule has 0 aliphatic carbocycles. The van der Waals surface area contributed by atoms with Crippen LogP contribution >= 0.6 is 0 Å². The Morgan fingerprint density at radius 1 is 0.833 bits per heavy atom. The van der Waals surface area contributed by atoms with Gasteiger partial charge in [0.05, 0.1) is 26.4 Å². The monoisotopic (exact) mass is 170 g/mol. The topological polar surface area (TPSA) is 18.5 Å². The summed E-state index contributed by atoms with van der Waals surface area (Å²) in [7, 11) is 0. The van der Waals surface area contributed by atoms with E-state index >= 15 is 0 Å². The zero-order valence-electron chi connectivity index (χ0n) is 7.95. The van der Waals surface area contributed by atoms with Crippen molar-refractivity contribution in [1.82, 2.24) is 0 Å². The van der Waals surface area contributed by atoms with Gasteiger partial charge in [-0.05, 0) is 13.8 Å². The lowest BCUT2D eigenvalue weighted by Crippen LogP contribution is -2.03. The molecular weight excluding hydrogens is 152 g/mol. The van der Waals surface area contributed by atoms with Gasteiger partial charge >= 0.3 is 0 Å². The first-order valence-electron chi connectivity index (χ1n) is 4.29. The summed E-state index contributed by atoms with van der Waals surface area (Å²) in [5, 5.41) is 0. The Labute approximate surface area is 74.9 Å². The molecule has 2 nitrogen and oxygen atoms in total. The van der Waals surface area contributed by atoms with E-state index in [9.17, 15) is 0 Å². The van der Waals surface area contributed by atoms with E-state index in [2.05, 4.69) is 0 Å². The molecule has 0 aromatic rings. The molecule has 0 radical (unpaired) electrons. The van der Waals surface area contributed by atoms with Gasteiger partial charge in [0.25, 0.3) is 0 Å². The molecule has 0 amide bonds. The maximum absolute atomic E-state index is 5.22. The van der Waals surface area contributed by atoms with Crippen LogP contribution in [-0.2, 0) is 9.47 Å². The molecule has 0 aromatic carbocycles. The molecule has 0 bridgehead atoms. The highest BCUT2D eigenvalue weighted by Gasteiger charge is 1.84. The van der Waals surface area contributed by atoms with Crippen LogP contribution in [0.5, 0.6) is 0 Å². The van der Waals surface area contributed by atoms with Gasteiger partial charge < -0.3 is 9.47 Å². The number of rotatable bonds is 7. The van der Waals surface area contributed by atoms with Crippen LogP contribution in [-0.4, -0.2) is 26.4 Å². The molecule has 12 heavy (non-hydrogen) atoms. The highest BCUT2D eigenvalue weighted by Crippen LogP contribution is 1.81. The van der Waals surface area contributed by atoms with Gasteiger partial charge in [0, 0.05) is 0 Å². The van der Waals surface area contributed by atoms with Crippen LogP contribution in [0.3, 0.4) is 0 Å². The maximum atomic E-state index is 5.22. The summed E-state index contributed by atoms with van der Waals surface area (Å²) in [5.74, 6) is 0. The lowest BCUT2D eigenvalue weighted by Gasteiger charge is -2.00. The first kappa shape index (κ1) is 11.4. The van der Waals surface area contributed by atoms with Crippen LogP contribution in [0.2, 0.25) is 0 Å². The minimum atomic E-state index is 0.669. The summed E-state index contributed by atoms with van der Waals surface area (Å²) < 4.78 is 10.4. The zero-order valence-corrected chi connectivity index (χ0v) is 7.95. The SMILES string of the molecule is C/C=C/COCCOC/C=C/C. The molecule has 0 aliphatic heterocycles. The summed E-state index contributed by atoms with van der Waals surface area (Å²) in [6.07, 6.45) is 7.90. The van der Waals surface area contributed by atoms with Gasteiger partial charge in [-0.15, -0.1) is 0 Å². The average molecular weight is 170 g/mol. The standard InChI is InChI=1S/C10H18O2/c1-3-5-7-11-9-10-12-8-6-4-2/h3-6H,7-10H2,1-2H3/b5-3+,6-4+. The first-order chi connectivity index (χ1) is 5.91. The van der Waals surface area contributed by atoms with E-state index in [4.69, 9.17) is 9.47 Å². The Morgan fingerprint density at radius 2 is 1.25 bits per heavy atom. The number of hydrogen-bond acceptors (Lipinski definition) is 2. The van der Waals surface area contributed by atoms with Crippen molar-refractivity contribution in [2.24, 2.45) is 0 Å². The Bertz CT molecular complexity index is 112. The predicted molar refractivity (Wildman–Crippen MR) is 51.3 cm³/mol. The summed E-state index contributed by atoms with van der Waals surface area (Å²) >= 11 is 0. The highest BCUT2D eigenvalue weighted by atomic mass is 16.5. The Morgan fingerprint density at radius 3 is 1.58 bits per heavy atom. The van der Waals surface area contributed by atoms with Crippen molar-refractivity contribution in [2.75, 3.05) is 26.4 Å². The van der Waals surface area contributed by atoms with Gasteiger partial charge in [-0.1, -0.05) is 24.3 Å². The first-order valence-corrected chi connectivity index (χ1v) is 4.29. The largest absolute Gasteiger partial charge is 0.375 e. The molecule has 70 valence electrons. The Hall–Kier alpha value is -0.600. The molecule has 0 atom stereocenters. The van der Waals surface area contributed by atoms with E-state index < -0.39 is 0 Å². The van der Waals surface area contributed by atoms with Crippen LogP contribution in [0.4, 0.5) is 0 Å². The van der Waals surface area contributed by atoms with E-state index in [1.165, 1.54) is 0 Å². The van der Waals surface area contributed by atoms with Crippen LogP contribution in [0.1, 0.15) is 13.8 Å². The Balaban J connectivity index is 2.91. The molecule has 0 aliphatic rings. The third kappa shape index (κ3) is 9.40. The summed E-state index contributed by atoms with van der Waals surface area (Å²) in [6, 6.07) is 0. The molecule has 0 unspecified atom stereocenters. The van der Waals surface area contributed by atoms with Gasteiger partial charge in [0.2, 0.25) is 0 Å². The van der Waals surface area contributed by atoms with Gasteiger partial charge in [-0.2, -0.15) is 0 Å². The second-order valence-corrected chi connectivity index (χ2v) is 2.29. The molecule has 0 saturated heterocycles. The van der Waals surface area contributed by atoms with Gasteiger partial charge in [-0.3, -0.25) is 0 Å². The lowest BCUT2D eigenvalue weighted by molar-refractivity contribution is 0.0708. The fourth-order valence-corrected chi connectivity index (χ4v) is 0.613. The fourth-order valence-electron chi connectivity index (χ4n) is 0.613. The van der Waals surface area contributed by atoms with Crippen molar-refractivity contribution in [3.05, 3.63) is 24.3 Å². The van der Waals surface area contributed by atoms with E-state index in [0.717, 1.165) is 0 Å². The smallest absolute Gasteiger partial charge is 0.0704 e. The van der Waals surface area contributed by atoms with Crippen LogP contribution in [0, 0.1) is 0 Å². The molecule has 0 saturated carbocycles. The van der Waals surface area contributed by atoms with Gasteiger partial charge in [0.1, 0.15) is 0 Å². The number of hydrogen-bond donors (Lipinski definition) is 0. The van der Waals surface area contributed by atoms with Crippen molar-refractivity contribution in [3.8, 4) is 0 Å². The highest BCUT2D eigenvalue weighted by molar-refractivity contribution is 4.76.